The molecule has 2 fully saturated rings. The summed E-state index contributed by atoms with van der Waals surface area (Å²) in [5.74, 6) is 1.13. The smallest absolute Gasteiger partial charge is 0.124 e. The number of hydrogen-bond donors (Lipinski definition) is 1. The number of likely N-dealkylation sites (tertiary alicyclic amines) is 1. The van der Waals surface area contributed by atoms with Gasteiger partial charge < -0.3 is 14.4 Å². The summed E-state index contributed by atoms with van der Waals surface area (Å²) in [6.45, 7) is 5.07. The Morgan fingerprint density at radius 1 is 1.22 bits per heavy atom. The molecule has 0 radical (unpaired) electrons. The molecule has 1 aromatic heterocycles. The van der Waals surface area contributed by atoms with Crippen LogP contribution in [0.25, 0.3) is 11.0 Å². The average molecular weight is 315 g/mol. The summed E-state index contributed by atoms with van der Waals surface area (Å²) in [4.78, 5) is 7.39. The Morgan fingerprint density at radius 3 is 2.74 bits per heavy atom. The molecule has 2 saturated heterocycles. The molecule has 1 aromatic carbocycles. The van der Waals surface area contributed by atoms with Gasteiger partial charge in [0.1, 0.15) is 5.82 Å². The maximum atomic E-state index is 9.43. The number of fused-ring (bicyclic) bond motifs is 1. The zero-order valence-corrected chi connectivity index (χ0v) is 13.6. The lowest BCUT2D eigenvalue weighted by Crippen LogP contribution is -2.34. The zero-order valence-electron chi connectivity index (χ0n) is 13.6. The van der Waals surface area contributed by atoms with Gasteiger partial charge in [0.2, 0.25) is 0 Å². The number of rotatable bonds is 5. The molecule has 0 spiro atoms. The van der Waals surface area contributed by atoms with Crippen molar-refractivity contribution in [3.8, 4) is 0 Å². The van der Waals surface area contributed by atoms with Gasteiger partial charge in [-0.1, -0.05) is 12.5 Å². The summed E-state index contributed by atoms with van der Waals surface area (Å²) in [6.07, 6.45) is 5.37. The number of aliphatic hydroxyl groups is 1. The Morgan fingerprint density at radius 2 is 2.04 bits per heavy atom. The predicted molar refractivity (Wildman–Crippen MR) is 89.1 cm³/mol. The first-order valence-corrected chi connectivity index (χ1v) is 8.76. The highest BCUT2D eigenvalue weighted by molar-refractivity contribution is 5.77. The van der Waals surface area contributed by atoms with E-state index in [0.29, 0.717) is 6.10 Å². The van der Waals surface area contributed by atoms with Gasteiger partial charge >= 0.3 is 0 Å². The van der Waals surface area contributed by atoms with Crippen LogP contribution in [0.1, 0.15) is 37.1 Å². The number of imidazole rings is 1. The van der Waals surface area contributed by atoms with Gasteiger partial charge in [0.25, 0.3) is 0 Å². The van der Waals surface area contributed by atoms with Gasteiger partial charge in [-0.3, -0.25) is 4.90 Å². The Balaban J connectivity index is 1.67. The van der Waals surface area contributed by atoms with Gasteiger partial charge in [-0.05, 0) is 50.0 Å². The lowest BCUT2D eigenvalue weighted by molar-refractivity contribution is -0.0592. The minimum Gasteiger partial charge on any atom is -0.392 e. The lowest BCUT2D eigenvalue weighted by atomic mass is 10.1. The molecule has 3 heterocycles. The highest BCUT2D eigenvalue weighted by Gasteiger charge is 2.23. The van der Waals surface area contributed by atoms with Crippen LogP contribution in [0.15, 0.2) is 18.2 Å². The Kier molecular flexibility index (Phi) is 4.33. The highest BCUT2D eigenvalue weighted by atomic mass is 16.5. The van der Waals surface area contributed by atoms with Crippen LogP contribution in [0.3, 0.4) is 0 Å². The van der Waals surface area contributed by atoms with E-state index in [1.807, 2.05) is 12.1 Å². The lowest BCUT2D eigenvalue weighted by Gasteiger charge is -2.29. The highest BCUT2D eigenvalue weighted by Crippen LogP contribution is 2.24. The molecule has 0 saturated carbocycles. The molecule has 1 N–H and O–H groups in total. The molecule has 0 bridgehead atoms. The van der Waals surface area contributed by atoms with Crippen molar-refractivity contribution in [2.45, 2.75) is 51.5 Å². The molecule has 0 amide bonds. The van der Waals surface area contributed by atoms with E-state index in [1.54, 1.807) is 0 Å². The van der Waals surface area contributed by atoms with Gasteiger partial charge in [0, 0.05) is 6.61 Å². The van der Waals surface area contributed by atoms with Crippen molar-refractivity contribution in [1.82, 2.24) is 14.5 Å². The van der Waals surface area contributed by atoms with Crippen LogP contribution in [0.4, 0.5) is 0 Å². The van der Waals surface area contributed by atoms with Gasteiger partial charge in [0.05, 0.1) is 36.8 Å². The topological polar surface area (TPSA) is 50.5 Å². The van der Waals surface area contributed by atoms with Crippen molar-refractivity contribution < 1.29 is 9.84 Å². The summed E-state index contributed by atoms with van der Waals surface area (Å²) in [5.41, 5.74) is 3.09. The normalized spacial score (nSPS) is 22.4. The van der Waals surface area contributed by atoms with Crippen molar-refractivity contribution in [1.29, 1.82) is 0 Å². The number of benzene rings is 1. The summed E-state index contributed by atoms with van der Waals surface area (Å²) >= 11 is 0. The molecule has 2 aliphatic rings. The number of aliphatic hydroxyl groups excluding tert-OH is 1. The van der Waals surface area contributed by atoms with Crippen LogP contribution in [-0.4, -0.2) is 45.4 Å². The van der Waals surface area contributed by atoms with Crippen LogP contribution >= 0.6 is 0 Å². The maximum Gasteiger partial charge on any atom is 0.124 e. The number of ether oxygens (including phenoxy) is 1. The SMILES string of the molecule is OCc1ccc2nc(CN3CCCCC3)n(CC3CCO3)c2c1. The first-order valence-electron chi connectivity index (χ1n) is 8.76. The molecule has 0 aliphatic carbocycles. The van der Waals surface area contributed by atoms with E-state index in [2.05, 4.69) is 15.5 Å². The molecule has 23 heavy (non-hydrogen) atoms. The number of piperidine rings is 1. The van der Waals surface area contributed by atoms with Crippen LogP contribution in [0.5, 0.6) is 0 Å². The first kappa shape index (κ1) is 15.1. The van der Waals surface area contributed by atoms with Gasteiger partial charge in [0.15, 0.2) is 0 Å². The maximum absolute atomic E-state index is 9.43. The van der Waals surface area contributed by atoms with Gasteiger partial charge in [-0.25, -0.2) is 4.98 Å². The van der Waals surface area contributed by atoms with Crippen LogP contribution < -0.4 is 0 Å². The standard InChI is InChI=1S/C18H25N3O2/c22-13-14-4-5-16-17(10-14)21(11-15-6-9-23-15)18(19-16)12-20-7-2-1-3-8-20/h4-5,10,15,22H,1-3,6-9,11-13H2. The van der Waals surface area contributed by atoms with E-state index < -0.39 is 0 Å². The van der Waals surface area contributed by atoms with E-state index in [9.17, 15) is 5.11 Å². The summed E-state index contributed by atoms with van der Waals surface area (Å²) < 4.78 is 7.96. The van der Waals surface area contributed by atoms with Crippen molar-refractivity contribution in [3.63, 3.8) is 0 Å². The third kappa shape index (κ3) is 3.13. The number of aromatic nitrogens is 2. The molecular formula is C18H25N3O2. The molecule has 2 aliphatic heterocycles. The fraction of sp³-hybridized carbons (Fsp3) is 0.611. The number of nitrogens with zero attached hydrogens (tertiary/aromatic N) is 3. The molecule has 5 nitrogen and oxygen atoms in total. The van der Waals surface area contributed by atoms with Crippen molar-refractivity contribution >= 4 is 11.0 Å². The summed E-state index contributed by atoms with van der Waals surface area (Å²) in [6, 6.07) is 6.06. The van der Waals surface area contributed by atoms with E-state index in [4.69, 9.17) is 9.72 Å². The monoisotopic (exact) mass is 315 g/mol. The minimum absolute atomic E-state index is 0.0719. The van der Waals surface area contributed by atoms with Gasteiger partial charge in [-0.15, -0.1) is 0 Å². The minimum atomic E-state index is 0.0719. The molecule has 1 unspecified atom stereocenters. The third-order valence-electron chi connectivity index (χ3n) is 5.07. The first-order chi connectivity index (χ1) is 11.3. The van der Waals surface area contributed by atoms with Crippen LogP contribution in [-0.2, 0) is 24.4 Å². The molecular weight excluding hydrogens is 290 g/mol. The molecule has 124 valence electrons. The molecule has 1 atom stereocenters. The van der Waals surface area contributed by atoms with Crippen LogP contribution in [0.2, 0.25) is 0 Å². The predicted octanol–water partition coefficient (Wildman–Crippen LogP) is 2.30. The third-order valence-corrected chi connectivity index (χ3v) is 5.07. The fourth-order valence-electron chi connectivity index (χ4n) is 3.59. The summed E-state index contributed by atoms with van der Waals surface area (Å²) in [7, 11) is 0. The van der Waals surface area contributed by atoms with Gasteiger partial charge in [-0.2, -0.15) is 0 Å². The van der Waals surface area contributed by atoms with Crippen molar-refractivity contribution in [3.05, 3.63) is 29.6 Å². The van der Waals surface area contributed by atoms with E-state index in [-0.39, 0.29) is 6.61 Å². The summed E-state index contributed by atoms with van der Waals surface area (Å²) in [5, 5.41) is 9.43. The van der Waals surface area contributed by atoms with E-state index >= 15 is 0 Å². The Bertz CT molecular complexity index is 672. The van der Waals surface area contributed by atoms with E-state index in [0.717, 1.165) is 48.5 Å². The average Bonchev–Trinajstić information content (AvgIpc) is 2.88. The fourth-order valence-corrected chi connectivity index (χ4v) is 3.59. The second-order valence-electron chi connectivity index (χ2n) is 6.74. The van der Waals surface area contributed by atoms with E-state index in [1.165, 1.54) is 32.4 Å². The molecule has 2 aromatic rings. The Hall–Kier alpha value is -1.43. The molecule has 5 heteroatoms. The number of hydrogen-bond acceptors (Lipinski definition) is 4. The second kappa shape index (κ2) is 6.59. The van der Waals surface area contributed by atoms with Crippen molar-refractivity contribution in [2.75, 3.05) is 19.7 Å². The second-order valence-corrected chi connectivity index (χ2v) is 6.74. The Labute approximate surface area is 136 Å². The quantitative estimate of drug-likeness (QED) is 0.920. The molecule has 4 rings (SSSR count). The largest absolute Gasteiger partial charge is 0.392 e. The van der Waals surface area contributed by atoms with Crippen LogP contribution in [0, 0.1) is 0 Å². The van der Waals surface area contributed by atoms with Crippen molar-refractivity contribution in [2.24, 2.45) is 0 Å². The zero-order chi connectivity index (χ0) is 15.6.